The van der Waals surface area contributed by atoms with Crippen LogP contribution in [0.15, 0.2) is 42.5 Å². The zero-order valence-electron chi connectivity index (χ0n) is 13.3. The van der Waals surface area contributed by atoms with Crippen LogP contribution in [0.3, 0.4) is 0 Å². The summed E-state index contributed by atoms with van der Waals surface area (Å²) in [5.74, 6) is 0. The Labute approximate surface area is 175 Å². The van der Waals surface area contributed by atoms with Gasteiger partial charge in [-0.25, -0.2) is 0 Å². The molecule has 0 N–H and O–H groups in total. The van der Waals surface area contributed by atoms with Crippen molar-refractivity contribution in [1.29, 1.82) is 0 Å². The largest absolute Gasteiger partial charge is 0.147 e. The van der Waals surface area contributed by atoms with Gasteiger partial charge in [-0.15, -0.1) is 60.1 Å². The molecule has 0 spiro atoms. The first-order chi connectivity index (χ1) is 9.11. The fraction of sp³-hybridized carbons (Fsp3) is 0.167. The van der Waals surface area contributed by atoms with Crippen molar-refractivity contribution in [3.8, 4) is 11.1 Å². The van der Waals surface area contributed by atoms with Crippen LogP contribution in [0.4, 0.5) is 0 Å². The van der Waals surface area contributed by atoms with E-state index in [4.69, 9.17) is 0 Å². The molecule has 0 nitrogen and oxygen atoms in total. The van der Waals surface area contributed by atoms with Crippen molar-refractivity contribution >= 4 is 63.4 Å². The zero-order valence-corrected chi connectivity index (χ0v) is 18.3. The van der Waals surface area contributed by atoms with E-state index in [1.165, 1.54) is 43.8 Å². The number of rotatable bonds is 1. The Kier molecular flexibility index (Phi) is 10.9. The van der Waals surface area contributed by atoms with Gasteiger partial charge in [0, 0.05) is 32.0 Å². The predicted octanol–water partition coefficient (Wildman–Crippen LogP) is 5.21. The number of halogens is 3. The molecule has 0 aliphatic heterocycles. The zero-order chi connectivity index (χ0) is 13.6. The summed E-state index contributed by atoms with van der Waals surface area (Å²) < 4.78 is 0. The Hall–Kier alpha value is -0.149. The monoisotopic (exact) mass is 416 g/mol. The van der Waals surface area contributed by atoms with Gasteiger partial charge in [-0.1, -0.05) is 77.2 Å². The molecule has 0 amide bonds. The van der Waals surface area contributed by atoms with E-state index in [2.05, 4.69) is 73.5 Å². The summed E-state index contributed by atoms with van der Waals surface area (Å²) in [4.78, 5) is 0. The molecule has 23 heavy (non-hydrogen) atoms. The van der Waals surface area contributed by atoms with E-state index < -0.39 is 0 Å². The average molecular weight is 418 g/mol. The molecular weight excluding hydrogens is 399 g/mol. The topological polar surface area (TPSA) is 0 Å². The van der Waals surface area contributed by atoms with Gasteiger partial charge in [0.2, 0.25) is 0 Å². The summed E-state index contributed by atoms with van der Waals surface area (Å²) in [6.07, 6.45) is 0. The maximum atomic E-state index is 3.80. The second-order valence-corrected chi connectivity index (χ2v) is 5.67. The van der Waals surface area contributed by atoms with Gasteiger partial charge in [0.1, 0.15) is 0 Å². The molecule has 0 fully saturated rings. The SMILES string of the molecule is Cc1cccc(-[c-]2c(C)c([Si])c3ccccc32)c1C.Cl.Cl.Cl.[Ti]. The van der Waals surface area contributed by atoms with Gasteiger partial charge >= 0.3 is 0 Å². The molecule has 121 valence electrons. The summed E-state index contributed by atoms with van der Waals surface area (Å²) >= 11 is 0. The fourth-order valence-electron chi connectivity index (χ4n) is 2.82. The molecule has 0 unspecified atom stereocenters. The Morgan fingerprint density at radius 1 is 0.826 bits per heavy atom. The van der Waals surface area contributed by atoms with Gasteiger partial charge < -0.3 is 0 Å². The molecule has 0 saturated carbocycles. The minimum absolute atomic E-state index is 0. The normalized spacial score (nSPS) is 9.22. The molecule has 3 aromatic rings. The molecule has 0 heterocycles. The number of hydrogen-bond acceptors (Lipinski definition) is 0. The quantitative estimate of drug-likeness (QED) is 0.377. The molecule has 3 aromatic carbocycles. The fourth-order valence-corrected chi connectivity index (χ4v) is 3.16. The molecule has 0 bridgehead atoms. The third-order valence-electron chi connectivity index (χ3n) is 4.09. The second-order valence-electron chi connectivity index (χ2n) is 5.17. The van der Waals surface area contributed by atoms with Gasteiger partial charge in [-0.2, -0.15) is 0 Å². The Morgan fingerprint density at radius 3 is 2.09 bits per heavy atom. The van der Waals surface area contributed by atoms with Crippen LogP contribution >= 0.6 is 37.2 Å². The van der Waals surface area contributed by atoms with Crippen LogP contribution in [0.5, 0.6) is 0 Å². The molecule has 0 aliphatic rings. The van der Waals surface area contributed by atoms with Gasteiger partial charge in [0.05, 0.1) is 0 Å². The first-order valence-electron chi connectivity index (χ1n) is 6.57. The van der Waals surface area contributed by atoms with Crippen molar-refractivity contribution in [2.24, 2.45) is 0 Å². The third-order valence-corrected chi connectivity index (χ3v) is 4.73. The number of hydrogen-bond donors (Lipinski definition) is 0. The van der Waals surface area contributed by atoms with Crippen molar-refractivity contribution in [3.63, 3.8) is 0 Å². The number of aryl methyl sites for hydroxylation is 1. The molecular formula is C18H19Cl3SiTi-. The van der Waals surface area contributed by atoms with Crippen molar-refractivity contribution in [2.75, 3.05) is 0 Å². The van der Waals surface area contributed by atoms with Crippen LogP contribution in [0.2, 0.25) is 0 Å². The molecule has 0 aliphatic carbocycles. The Balaban J connectivity index is 0. The van der Waals surface area contributed by atoms with E-state index in [1.54, 1.807) is 0 Å². The average Bonchev–Trinajstić information content (AvgIpc) is 2.67. The number of benzene rings is 2. The summed E-state index contributed by atoms with van der Waals surface area (Å²) in [5.41, 5.74) is 6.75. The van der Waals surface area contributed by atoms with Crippen molar-refractivity contribution in [2.45, 2.75) is 20.8 Å². The van der Waals surface area contributed by atoms with Gasteiger partial charge in [0.15, 0.2) is 0 Å². The van der Waals surface area contributed by atoms with Crippen LogP contribution in [-0.4, -0.2) is 10.2 Å². The van der Waals surface area contributed by atoms with E-state index in [-0.39, 0.29) is 58.9 Å². The van der Waals surface area contributed by atoms with Gasteiger partial charge in [-0.05, 0) is 6.92 Å². The van der Waals surface area contributed by atoms with E-state index in [1.807, 2.05) is 0 Å². The van der Waals surface area contributed by atoms with Crippen LogP contribution < -0.4 is 5.19 Å². The molecule has 3 rings (SSSR count). The van der Waals surface area contributed by atoms with E-state index in [9.17, 15) is 0 Å². The van der Waals surface area contributed by atoms with Crippen LogP contribution in [0, 0.1) is 20.8 Å². The van der Waals surface area contributed by atoms with Crippen LogP contribution in [0.1, 0.15) is 16.7 Å². The molecule has 3 radical (unpaired) electrons. The molecule has 0 aromatic heterocycles. The van der Waals surface area contributed by atoms with Crippen molar-refractivity contribution in [3.05, 3.63) is 59.2 Å². The minimum Gasteiger partial charge on any atom is -0.147 e. The molecule has 5 heteroatoms. The predicted molar refractivity (Wildman–Crippen MR) is 106 cm³/mol. The Morgan fingerprint density at radius 2 is 1.43 bits per heavy atom. The smallest absolute Gasteiger partial charge is 0.0103 e. The third kappa shape index (κ3) is 4.28. The Bertz CT molecular complexity index is 781. The molecule has 0 atom stereocenters. The first kappa shape index (κ1) is 25.1. The second kappa shape index (κ2) is 9.98. The van der Waals surface area contributed by atoms with E-state index >= 15 is 0 Å². The molecule has 0 saturated heterocycles. The standard InChI is InChI=1S/C18H16Si.3ClH.Ti/c1-11-7-6-10-14(12(11)2)17-13(3)18(19)16-9-5-4-8-15(16)17;;;;/h4-10H,1-3H3;3*1H;/q-1;;;;. The van der Waals surface area contributed by atoms with Gasteiger partial charge in [-0.3, -0.25) is 0 Å². The van der Waals surface area contributed by atoms with Crippen molar-refractivity contribution < 1.29 is 21.7 Å². The maximum Gasteiger partial charge on any atom is 0.0103 e. The number of fused-ring (bicyclic) bond motifs is 1. The summed E-state index contributed by atoms with van der Waals surface area (Å²) in [5, 5.41) is 3.85. The summed E-state index contributed by atoms with van der Waals surface area (Å²) in [7, 11) is 3.80. The van der Waals surface area contributed by atoms with Crippen LogP contribution in [-0.2, 0) is 21.7 Å². The maximum absolute atomic E-state index is 3.80. The van der Waals surface area contributed by atoms with E-state index in [0.29, 0.717) is 0 Å². The van der Waals surface area contributed by atoms with Crippen LogP contribution in [0.25, 0.3) is 21.9 Å². The minimum atomic E-state index is 0. The van der Waals surface area contributed by atoms with E-state index in [0.717, 1.165) is 0 Å². The summed E-state index contributed by atoms with van der Waals surface area (Å²) in [6.45, 7) is 6.58. The van der Waals surface area contributed by atoms with Crippen molar-refractivity contribution in [1.82, 2.24) is 0 Å². The summed E-state index contributed by atoms with van der Waals surface area (Å²) in [6, 6.07) is 15.1. The van der Waals surface area contributed by atoms with Gasteiger partial charge in [0.25, 0.3) is 0 Å². The first-order valence-corrected chi connectivity index (χ1v) is 7.07.